The van der Waals surface area contributed by atoms with Gasteiger partial charge < -0.3 is 16.0 Å². The van der Waals surface area contributed by atoms with Crippen molar-refractivity contribution in [2.24, 2.45) is 0 Å². The molecule has 1 unspecified atom stereocenters. The van der Waals surface area contributed by atoms with Crippen LogP contribution in [0, 0.1) is 5.82 Å². The number of amides is 2. The molecular weight excluding hydrogens is 321 g/mol. The molecule has 3 rings (SSSR count). The molecule has 3 N–H and O–H groups in total. The molecule has 0 radical (unpaired) electrons. The van der Waals surface area contributed by atoms with Gasteiger partial charge in [0.1, 0.15) is 11.9 Å². The highest BCUT2D eigenvalue weighted by atomic mass is 35.5. The molecule has 0 saturated heterocycles. The maximum atomic E-state index is 13.1. The van der Waals surface area contributed by atoms with Gasteiger partial charge in [0.15, 0.2) is 0 Å². The molecular formula is C16H13ClFN3O2. The number of para-hydroxylation sites is 2. The third kappa shape index (κ3) is 3.43. The SMILES string of the molecule is O=C(CC1Nc2ccccc2NC1=O)Nc1ccc(F)c(Cl)c1. The topological polar surface area (TPSA) is 70.2 Å². The van der Waals surface area contributed by atoms with Crippen LogP contribution < -0.4 is 16.0 Å². The number of carbonyl (C=O) groups excluding carboxylic acids is 2. The lowest BCUT2D eigenvalue weighted by atomic mass is 10.1. The summed E-state index contributed by atoms with van der Waals surface area (Å²) in [6.45, 7) is 0. The third-order valence-electron chi connectivity index (χ3n) is 3.42. The molecule has 2 amide bonds. The lowest BCUT2D eigenvalue weighted by molar-refractivity contribution is -0.122. The largest absolute Gasteiger partial charge is 0.372 e. The molecule has 1 aliphatic heterocycles. The Morgan fingerprint density at radius 3 is 2.70 bits per heavy atom. The van der Waals surface area contributed by atoms with E-state index in [0.717, 1.165) is 5.69 Å². The highest BCUT2D eigenvalue weighted by Gasteiger charge is 2.27. The Labute approximate surface area is 136 Å². The Morgan fingerprint density at radius 2 is 1.96 bits per heavy atom. The van der Waals surface area contributed by atoms with Gasteiger partial charge in [0.05, 0.1) is 22.8 Å². The molecule has 1 aliphatic rings. The van der Waals surface area contributed by atoms with Gasteiger partial charge in [-0.05, 0) is 30.3 Å². The number of hydrogen-bond donors (Lipinski definition) is 3. The predicted octanol–water partition coefficient (Wildman–Crippen LogP) is 3.24. The first-order chi connectivity index (χ1) is 11.0. The minimum atomic E-state index is -0.680. The average molecular weight is 334 g/mol. The number of fused-ring (bicyclic) bond motifs is 1. The summed E-state index contributed by atoms with van der Waals surface area (Å²) in [6.07, 6.45) is -0.0604. The fourth-order valence-corrected chi connectivity index (χ4v) is 2.49. The van der Waals surface area contributed by atoms with Gasteiger partial charge in [-0.25, -0.2) is 4.39 Å². The van der Waals surface area contributed by atoms with Crippen LogP contribution in [-0.4, -0.2) is 17.9 Å². The first-order valence-corrected chi connectivity index (χ1v) is 7.32. The lowest BCUT2D eigenvalue weighted by Gasteiger charge is -2.26. The van der Waals surface area contributed by atoms with Crippen LogP contribution in [0.5, 0.6) is 0 Å². The fourth-order valence-electron chi connectivity index (χ4n) is 2.31. The second kappa shape index (κ2) is 6.26. The van der Waals surface area contributed by atoms with Crippen LogP contribution in [0.15, 0.2) is 42.5 Å². The van der Waals surface area contributed by atoms with Gasteiger partial charge in [-0.3, -0.25) is 9.59 Å². The maximum absolute atomic E-state index is 13.1. The van der Waals surface area contributed by atoms with Crippen LogP contribution in [0.1, 0.15) is 6.42 Å². The minimum Gasteiger partial charge on any atom is -0.372 e. The molecule has 0 spiro atoms. The first kappa shape index (κ1) is 15.3. The zero-order chi connectivity index (χ0) is 16.4. The van der Waals surface area contributed by atoms with Crippen molar-refractivity contribution in [2.45, 2.75) is 12.5 Å². The van der Waals surface area contributed by atoms with Crippen molar-refractivity contribution in [2.75, 3.05) is 16.0 Å². The number of halogens is 2. The molecule has 1 heterocycles. The van der Waals surface area contributed by atoms with E-state index in [1.165, 1.54) is 18.2 Å². The number of rotatable bonds is 3. The second-order valence-electron chi connectivity index (χ2n) is 5.11. The molecule has 0 bridgehead atoms. The molecule has 0 fully saturated rings. The van der Waals surface area contributed by atoms with E-state index in [-0.39, 0.29) is 23.3 Å². The van der Waals surface area contributed by atoms with Gasteiger partial charge in [-0.1, -0.05) is 23.7 Å². The number of carbonyl (C=O) groups is 2. The number of anilines is 3. The summed E-state index contributed by atoms with van der Waals surface area (Å²) in [7, 11) is 0. The smallest absolute Gasteiger partial charge is 0.247 e. The lowest BCUT2D eigenvalue weighted by Crippen LogP contribution is -2.41. The highest BCUT2D eigenvalue weighted by Crippen LogP contribution is 2.27. The molecule has 5 nitrogen and oxygen atoms in total. The zero-order valence-electron chi connectivity index (χ0n) is 11.9. The standard InChI is InChI=1S/C16H13ClFN3O2/c17-10-7-9(5-6-11(10)18)19-15(22)8-14-16(23)21-13-4-2-1-3-12(13)20-14/h1-7,14,20H,8H2,(H,19,22)(H,21,23). The van der Waals surface area contributed by atoms with Gasteiger partial charge in [0.2, 0.25) is 11.8 Å². The fraction of sp³-hybridized carbons (Fsp3) is 0.125. The summed E-state index contributed by atoms with van der Waals surface area (Å²) >= 11 is 5.67. The van der Waals surface area contributed by atoms with Crippen LogP contribution in [0.3, 0.4) is 0 Å². The Hall–Kier alpha value is -2.60. The van der Waals surface area contributed by atoms with Crippen molar-refractivity contribution in [1.82, 2.24) is 0 Å². The second-order valence-corrected chi connectivity index (χ2v) is 5.52. The molecule has 0 aromatic heterocycles. The van der Waals surface area contributed by atoms with E-state index in [0.29, 0.717) is 11.4 Å². The van der Waals surface area contributed by atoms with Crippen LogP contribution in [-0.2, 0) is 9.59 Å². The number of benzene rings is 2. The van der Waals surface area contributed by atoms with Gasteiger partial charge in [-0.2, -0.15) is 0 Å². The van der Waals surface area contributed by atoms with Crippen molar-refractivity contribution in [3.63, 3.8) is 0 Å². The quantitative estimate of drug-likeness (QED) is 0.807. The monoisotopic (exact) mass is 333 g/mol. The van der Waals surface area contributed by atoms with Crippen LogP contribution in [0.25, 0.3) is 0 Å². The van der Waals surface area contributed by atoms with E-state index in [1.807, 2.05) is 18.2 Å². The van der Waals surface area contributed by atoms with Crippen molar-refractivity contribution in [1.29, 1.82) is 0 Å². The molecule has 118 valence electrons. The summed E-state index contributed by atoms with van der Waals surface area (Å²) in [5, 5.41) is 8.28. The minimum absolute atomic E-state index is 0.0604. The Bertz CT molecular complexity index is 782. The van der Waals surface area contributed by atoms with Crippen LogP contribution in [0.2, 0.25) is 5.02 Å². The zero-order valence-corrected chi connectivity index (χ0v) is 12.7. The van der Waals surface area contributed by atoms with E-state index in [4.69, 9.17) is 11.6 Å². The van der Waals surface area contributed by atoms with Crippen molar-refractivity contribution in [3.8, 4) is 0 Å². The molecule has 0 saturated carbocycles. The molecule has 0 aliphatic carbocycles. The third-order valence-corrected chi connectivity index (χ3v) is 3.71. The maximum Gasteiger partial charge on any atom is 0.247 e. The summed E-state index contributed by atoms with van der Waals surface area (Å²) < 4.78 is 13.1. The van der Waals surface area contributed by atoms with E-state index in [1.54, 1.807) is 6.07 Å². The summed E-state index contributed by atoms with van der Waals surface area (Å²) in [4.78, 5) is 24.1. The van der Waals surface area contributed by atoms with Crippen LogP contribution in [0.4, 0.5) is 21.5 Å². The average Bonchev–Trinajstić information content (AvgIpc) is 2.51. The van der Waals surface area contributed by atoms with Crippen LogP contribution >= 0.6 is 11.6 Å². The molecule has 2 aromatic carbocycles. The first-order valence-electron chi connectivity index (χ1n) is 6.94. The van der Waals surface area contributed by atoms with E-state index >= 15 is 0 Å². The van der Waals surface area contributed by atoms with Gasteiger partial charge in [-0.15, -0.1) is 0 Å². The van der Waals surface area contributed by atoms with Gasteiger partial charge in [0, 0.05) is 5.69 Å². The molecule has 2 aromatic rings. The summed E-state index contributed by atoms with van der Waals surface area (Å²) in [5.74, 6) is -1.22. The highest BCUT2D eigenvalue weighted by molar-refractivity contribution is 6.31. The van der Waals surface area contributed by atoms with Gasteiger partial charge >= 0.3 is 0 Å². The normalized spacial score (nSPS) is 16.1. The van der Waals surface area contributed by atoms with Gasteiger partial charge in [0.25, 0.3) is 0 Å². The van der Waals surface area contributed by atoms with E-state index in [2.05, 4.69) is 16.0 Å². The van der Waals surface area contributed by atoms with Crippen molar-refractivity contribution >= 4 is 40.5 Å². The van der Waals surface area contributed by atoms with E-state index in [9.17, 15) is 14.0 Å². The molecule has 1 atom stereocenters. The number of nitrogens with one attached hydrogen (secondary N) is 3. The molecule has 23 heavy (non-hydrogen) atoms. The molecule has 7 heteroatoms. The van der Waals surface area contributed by atoms with Crippen molar-refractivity contribution in [3.05, 3.63) is 53.3 Å². The van der Waals surface area contributed by atoms with E-state index < -0.39 is 11.9 Å². The summed E-state index contributed by atoms with van der Waals surface area (Å²) in [5.41, 5.74) is 1.81. The summed E-state index contributed by atoms with van der Waals surface area (Å²) in [6, 6.07) is 10.4. The Kier molecular flexibility index (Phi) is 4.16. The predicted molar refractivity (Wildman–Crippen MR) is 87.1 cm³/mol. The Balaban J connectivity index is 1.66. The number of hydrogen-bond acceptors (Lipinski definition) is 3. The van der Waals surface area contributed by atoms with Crippen molar-refractivity contribution < 1.29 is 14.0 Å². The Morgan fingerprint density at radius 1 is 1.22 bits per heavy atom.